The number of unbranched alkanes of at least 4 members (excludes halogenated alkanes) is 1. The summed E-state index contributed by atoms with van der Waals surface area (Å²) in [6.07, 6.45) is 3.03. The topological polar surface area (TPSA) is 36.9 Å². The Kier molecular flexibility index (Phi) is 9.34. The van der Waals surface area contributed by atoms with Crippen molar-refractivity contribution in [3.05, 3.63) is 0 Å². The predicted molar refractivity (Wildman–Crippen MR) is 77.7 cm³/mol. The molecular weight excluding hydrogens is 244 g/mol. The van der Waals surface area contributed by atoms with Crippen molar-refractivity contribution in [1.29, 1.82) is 0 Å². The van der Waals surface area contributed by atoms with Gasteiger partial charge in [0.25, 0.3) is 0 Å². The second kappa shape index (κ2) is 12.9. The van der Waals surface area contributed by atoms with Crippen molar-refractivity contribution < 1.29 is 23.1 Å². The SMILES string of the molecule is [2H]CCCCOC(COC)(COCCC[2H])COCCC[2H]. The molecule has 0 radical (unpaired) electrons. The van der Waals surface area contributed by atoms with Gasteiger partial charge in [-0.15, -0.1) is 0 Å². The molecule has 0 saturated heterocycles. The lowest BCUT2D eigenvalue weighted by molar-refractivity contribution is -0.162. The summed E-state index contributed by atoms with van der Waals surface area (Å²) < 4.78 is 44.0. The normalized spacial score (nSPS) is 14.1. The van der Waals surface area contributed by atoms with E-state index in [0.29, 0.717) is 73.2 Å². The molecule has 4 heteroatoms. The molecule has 0 fully saturated rings. The maximum absolute atomic E-state index is 7.17. The molecule has 0 aliphatic heterocycles. The lowest BCUT2D eigenvalue weighted by atomic mass is 10.1. The molecule has 0 spiro atoms. The van der Waals surface area contributed by atoms with Crippen LogP contribution in [0.3, 0.4) is 0 Å². The van der Waals surface area contributed by atoms with Gasteiger partial charge in [-0.3, -0.25) is 0 Å². The van der Waals surface area contributed by atoms with Crippen LogP contribution in [0, 0.1) is 0 Å². The molecule has 116 valence electrons. The third kappa shape index (κ3) is 9.38. The van der Waals surface area contributed by atoms with Crippen molar-refractivity contribution in [1.82, 2.24) is 0 Å². The maximum atomic E-state index is 7.17. The van der Waals surface area contributed by atoms with E-state index in [9.17, 15) is 0 Å². The van der Waals surface area contributed by atoms with Gasteiger partial charge in [0.05, 0.1) is 19.8 Å². The molecule has 19 heavy (non-hydrogen) atoms. The van der Waals surface area contributed by atoms with Crippen molar-refractivity contribution in [2.45, 2.75) is 52.0 Å². The number of methoxy groups -OCH3 is 1. The van der Waals surface area contributed by atoms with Crippen molar-refractivity contribution in [2.75, 3.05) is 46.8 Å². The standard InChI is InChI=1S/C15H32O4/c1-5-8-11-19-15(12-16-4,13-17-9-6-2)14-18-10-7-3/h5-14H2,1-4H3/i1D,2D,3D. The summed E-state index contributed by atoms with van der Waals surface area (Å²) in [5.41, 5.74) is -0.652. The highest BCUT2D eigenvalue weighted by atomic mass is 16.6. The summed E-state index contributed by atoms with van der Waals surface area (Å²) in [6.45, 7) is 3.80. The maximum Gasteiger partial charge on any atom is 0.138 e. The number of hydrogen-bond acceptors (Lipinski definition) is 4. The zero-order chi connectivity index (χ0) is 16.5. The molecule has 4 nitrogen and oxygen atoms in total. The smallest absolute Gasteiger partial charge is 0.138 e. The van der Waals surface area contributed by atoms with Gasteiger partial charge >= 0.3 is 0 Å². The Hall–Kier alpha value is -0.160. The summed E-state index contributed by atoms with van der Waals surface area (Å²) in [4.78, 5) is 0. The van der Waals surface area contributed by atoms with Crippen LogP contribution in [0.4, 0.5) is 0 Å². The highest BCUT2D eigenvalue weighted by molar-refractivity contribution is 4.81. The second-order valence-electron chi connectivity index (χ2n) is 4.48. The molecule has 0 saturated carbocycles. The van der Waals surface area contributed by atoms with Crippen LogP contribution in [-0.2, 0) is 18.9 Å². The molecule has 0 N–H and O–H groups in total. The first kappa shape index (κ1) is 13.8. The van der Waals surface area contributed by atoms with E-state index in [2.05, 4.69) is 0 Å². The lowest BCUT2D eigenvalue weighted by Crippen LogP contribution is -2.47. The van der Waals surface area contributed by atoms with E-state index >= 15 is 0 Å². The number of hydrogen-bond donors (Lipinski definition) is 0. The van der Waals surface area contributed by atoms with Gasteiger partial charge in [-0.2, -0.15) is 0 Å². The molecule has 0 aliphatic carbocycles. The van der Waals surface area contributed by atoms with E-state index in [-0.39, 0.29) is 0 Å². The Morgan fingerprint density at radius 3 is 2.00 bits per heavy atom. The van der Waals surface area contributed by atoms with Gasteiger partial charge in [0.1, 0.15) is 5.60 Å². The molecule has 0 heterocycles. The Morgan fingerprint density at radius 1 is 0.842 bits per heavy atom. The van der Waals surface area contributed by atoms with E-state index in [1.54, 1.807) is 7.11 Å². The third-order valence-corrected chi connectivity index (χ3v) is 2.52. The molecule has 0 rings (SSSR count). The average molecular weight is 279 g/mol. The predicted octanol–water partition coefficient (Wildman–Crippen LogP) is 3.04. The zero-order valence-electron chi connectivity index (χ0n) is 15.3. The third-order valence-electron chi connectivity index (χ3n) is 2.52. The minimum Gasteiger partial charge on any atom is -0.382 e. The van der Waals surface area contributed by atoms with Crippen molar-refractivity contribution >= 4 is 0 Å². The van der Waals surface area contributed by atoms with E-state index in [4.69, 9.17) is 23.1 Å². The van der Waals surface area contributed by atoms with Crippen LogP contribution in [0.1, 0.15) is 50.5 Å². The quantitative estimate of drug-likeness (QED) is 0.458. The fraction of sp³-hybridized carbons (Fsp3) is 1.00. The van der Waals surface area contributed by atoms with E-state index in [1.165, 1.54) is 0 Å². The summed E-state index contributed by atoms with van der Waals surface area (Å²) in [6, 6.07) is 0. The molecule has 0 aromatic carbocycles. The van der Waals surface area contributed by atoms with Crippen molar-refractivity contribution in [3.8, 4) is 0 Å². The van der Waals surface area contributed by atoms with Gasteiger partial charge in [-0.25, -0.2) is 0 Å². The van der Waals surface area contributed by atoms with E-state index in [0.717, 1.165) is 12.8 Å². The monoisotopic (exact) mass is 279 g/mol. The van der Waals surface area contributed by atoms with Crippen LogP contribution in [0.15, 0.2) is 0 Å². The Bertz CT molecular complexity index is 202. The molecule has 0 aromatic rings. The number of ether oxygens (including phenoxy) is 4. The van der Waals surface area contributed by atoms with Crippen molar-refractivity contribution in [2.24, 2.45) is 0 Å². The van der Waals surface area contributed by atoms with Crippen LogP contribution in [0.5, 0.6) is 0 Å². The Morgan fingerprint density at radius 2 is 1.47 bits per heavy atom. The second-order valence-corrected chi connectivity index (χ2v) is 4.48. The first-order valence-electron chi connectivity index (χ1n) is 9.03. The molecule has 0 aromatic heterocycles. The first-order chi connectivity index (χ1) is 10.7. The van der Waals surface area contributed by atoms with Gasteiger partial charge in [-0.1, -0.05) is 27.1 Å². The average Bonchev–Trinajstić information content (AvgIpc) is 2.53. The molecule has 0 amide bonds. The Labute approximate surface area is 123 Å². The molecule has 0 unspecified atom stereocenters. The van der Waals surface area contributed by atoms with Gasteiger partial charge < -0.3 is 18.9 Å². The summed E-state index contributed by atoms with van der Waals surface area (Å²) >= 11 is 0. The van der Waals surface area contributed by atoms with Gasteiger partial charge in [0, 0.05) is 31.0 Å². The van der Waals surface area contributed by atoms with E-state index < -0.39 is 5.60 Å². The fourth-order valence-corrected chi connectivity index (χ4v) is 1.62. The minimum absolute atomic E-state index is 0.349. The fourth-order valence-electron chi connectivity index (χ4n) is 1.62. The molecular formula is C15H32O4. The lowest BCUT2D eigenvalue weighted by Gasteiger charge is -2.33. The summed E-state index contributed by atoms with van der Waals surface area (Å²) in [5.74, 6) is 0. The first-order valence-corrected chi connectivity index (χ1v) is 6.91. The highest BCUT2D eigenvalue weighted by Crippen LogP contribution is 2.15. The number of rotatable bonds is 14. The minimum atomic E-state index is -0.652. The molecule has 0 aliphatic rings. The largest absolute Gasteiger partial charge is 0.382 e. The van der Waals surface area contributed by atoms with Crippen LogP contribution in [0.2, 0.25) is 0 Å². The highest BCUT2D eigenvalue weighted by Gasteiger charge is 2.32. The van der Waals surface area contributed by atoms with Crippen LogP contribution >= 0.6 is 0 Å². The molecule has 0 atom stereocenters. The molecule has 0 bridgehead atoms. The van der Waals surface area contributed by atoms with Crippen molar-refractivity contribution in [3.63, 3.8) is 0 Å². The van der Waals surface area contributed by atoms with Crippen LogP contribution in [0.25, 0.3) is 0 Å². The van der Waals surface area contributed by atoms with Crippen LogP contribution < -0.4 is 0 Å². The Balaban J connectivity index is 4.39. The van der Waals surface area contributed by atoms with Gasteiger partial charge in [0.2, 0.25) is 0 Å². The van der Waals surface area contributed by atoms with E-state index in [1.807, 2.05) is 0 Å². The zero-order valence-corrected chi connectivity index (χ0v) is 12.3. The van der Waals surface area contributed by atoms with Gasteiger partial charge in [0.15, 0.2) is 0 Å². The summed E-state index contributed by atoms with van der Waals surface area (Å²) in [5, 5.41) is 0. The van der Waals surface area contributed by atoms with Gasteiger partial charge in [-0.05, 0) is 19.3 Å². The summed E-state index contributed by atoms with van der Waals surface area (Å²) in [7, 11) is 1.62. The van der Waals surface area contributed by atoms with Crippen LogP contribution in [-0.4, -0.2) is 52.4 Å².